The molecule has 1 saturated heterocycles. The van der Waals surface area contributed by atoms with E-state index in [1.54, 1.807) is 11.3 Å². The van der Waals surface area contributed by atoms with Gasteiger partial charge in [0.1, 0.15) is 0 Å². The van der Waals surface area contributed by atoms with Gasteiger partial charge in [-0.05, 0) is 51.2 Å². The number of hydrogen-bond acceptors (Lipinski definition) is 5. The highest BCUT2D eigenvalue weighted by Gasteiger charge is 2.26. The molecule has 25 heavy (non-hydrogen) atoms. The summed E-state index contributed by atoms with van der Waals surface area (Å²) in [5.41, 5.74) is 2.38. The fraction of sp³-hybridized carbons (Fsp3) is 0.579. The van der Waals surface area contributed by atoms with E-state index in [0.717, 1.165) is 49.5 Å². The van der Waals surface area contributed by atoms with Crippen molar-refractivity contribution in [1.29, 1.82) is 0 Å². The zero-order valence-electron chi connectivity index (χ0n) is 14.8. The fourth-order valence-electron chi connectivity index (χ4n) is 3.69. The number of thiazole rings is 1. The third-order valence-corrected chi connectivity index (χ3v) is 7.12. The van der Waals surface area contributed by atoms with Gasteiger partial charge in [-0.2, -0.15) is 0 Å². The van der Waals surface area contributed by atoms with Gasteiger partial charge in [-0.3, -0.25) is 4.79 Å². The van der Waals surface area contributed by atoms with Crippen LogP contribution in [-0.2, 0) is 22.5 Å². The van der Waals surface area contributed by atoms with Gasteiger partial charge in [0.25, 0.3) is 0 Å². The summed E-state index contributed by atoms with van der Waals surface area (Å²) in [5.74, 6) is 0.269. The largest absolute Gasteiger partial charge is 0.375 e. The van der Waals surface area contributed by atoms with E-state index in [9.17, 15) is 4.79 Å². The number of aryl methyl sites for hydroxylation is 1. The quantitative estimate of drug-likeness (QED) is 0.794. The van der Waals surface area contributed by atoms with E-state index in [1.165, 1.54) is 15.3 Å². The van der Waals surface area contributed by atoms with Gasteiger partial charge >= 0.3 is 0 Å². The molecule has 2 atom stereocenters. The number of amides is 1. The van der Waals surface area contributed by atoms with E-state index in [-0.39, 0.29) is 12.0 Å². The molecule has 2 aromatic rings. The molecule has 0 spiro atoms. The van der Waals surface area contributed by atoms with E-state index < -0.39 is 0 Å². The summed E-state index contributed by atoms with van der Waals surface area (Å²) in [7, 11) is 0. The molecule has 2 aliphatic heterocycles. The summed E-state index contributed by atoms with van der Waals surface area (Å²) < 4.78 is 5.83. The Bertz CT molecular complexity index is 767. The molecule has 4 heterocycles. The van der Waals surface area contributed by atoms with Crippen LogP contribution in [0.2, 0.25) is 0 Å². The monoisotopic (exact) mass is 376 g/mol. The van der Waals surface area contributed by atoms with Crippen LogP contribution in [0, 0.1) is 6.92 Å². The Morgan fingerprint density at radius 1 is 1.44 bits per heavy atom. The van der Waals surface area contributed by atoms with Crippen molar-refractivity contribution in [2.24, 2.45) is 0 Å². The van der Waals surface area contributed by atoms with Crippen molar-refractivity contribution in [3.8, 4) is 10.6 Å². The lowest BCUT2D eigenvalue weighted by Gasteiger charge is -2.27. The Kier molecular flexibility index (Phi) is 4.93. The molecule has 0 aliphatic carbocycles. The van der Waals surface area contributed by atoms with Gasteiger partial charge in [-0.1, -0.05) is 0 Å². The SMILES string of the molecule is Cc1nc(-c2cc3c(s2)CCN(C(=O)CCC2CCC(C)O2)C3)cs1. The highest BCUT2D eigenvalue weighted by molar-refractivity contribution is 7.16. The number of thiophene rings is 1. The zero-order chi connectivity index (χ0) is 17.4. The molecule has 0 bridgehead atoms. The van der Waals surface area contributed by atoms with Gasteiger partial charge < -0.3 is 9.64 Å². The number of nitrogens with zero attached hydrogens (tertiary/aromatic N) is 2. The van der Waals surface area contributed by atoms with Crippen LogP contribution in [0.25, 0.3) is 10.6 Å². The smallest absolute Gasteiger partial charge is 0.222 e. The number of fused-ring (bicyclic) bond motifs is 1. The predicted molar refractivity (Wildman–Crippen MR) is 102 cm³/mol. The number of ether oxygens (including phenoxy) is 1. The maximum Gasteiger partial charge on any atom is 0.222 e. The Hall–Kier alpha value is -1.24. The number of aromatic nitrogens is 1. The van der Waals surface area contributed by atoms with Crippen molar-refractivity contribution in [3.05, 3.63) is 26.9 Å². The number of hydrogen-bond donors (Lipinski definition) is 0. The van der Waals surface area contributed by atoms with Gasteiger partial charge in [0.2, 0.25) is 5.91 Å². The van der Waals surface area contributed by atoms with Gasteiger partial charge in [-0.25, -0.2) is 4.98 Å². The van der Waals surface area contributed by atoms with Crippen molar-refractivity contribution in [1.82, 2.24) is 9.88 Å². The Morgan fingerprint density at radius 2 is 2.32 bits per heavy atom. The zero-order valence-corrected chi connectivity index (χ0v) is 16.4. The van der Waals surface area contributed by atoms with Crippen molar-refractivity contribution >= 4 is 28.6 Å². The molecule has 2 aromatic heterocycles. The van der Waals surface area contributed by atoms with E-state index in [0.29, 0.717) is 12.5 Å². The second kappa shape index (κ2) is 7.17. The maximum absolute atomic E-state index is 12.6. The molecular weight excluding hydrogens is 352 g/mol. The van der Waals surface area contributed by atoms with Crippen LogP contribution in [0.15, 0.2) is 11.4 Å². The first-order chi connectivity index (χ1) is 12.1. The molecule has 2 aliphatic rings. The first kappa shape index (κ1) is 17.2. The molecule has 134 valence electrons. The molecule has 4 nitrogen and oxygen atoms in total. The van der Waals surface area contributed by atoms with E-state index >= 15 is 0 Å². The van der Waals surface area contributed by atoms with Crippen LogP contribution in [0.4, 0.5) is 0 Å². The van der Waals surface area contributed by atoms with Gasteiger partial charge in [-0.15, -0.1) is 22.7 Å². The Balaban J connectivity index is 1.37. The topological polar surface area (TPSA) is 42.4 Å². The summed E-state index contributed by atoms with van der Waals surface area (Å²) in [6, 6.07) is 2.23. The van der Waals surface area contributed by atoms with Crippen LogP contribution in [0.5, 0.6) is 0 Å². The Morgan fingerprint density at radius 3 is 3.04 bits per heavy atom. The molecule has 0 aromatic carbocycles. The molecule has 2 unspecified atom stereocenters. The van der Waals surface area contributed by atoms with Crippen molar-refractivity contribution < 1.29 is 9.53 Å². The van der Waals surface area contributed by atoms with E-state index in [4.69, 9.17) is 4.74 Å². The minimum Gasteiger partial charge on any atom is -0.375 e. The first-order valence-corrected chi connectivity index (χ1v) is 10.8. The van der Waals surface area contributed by atoms with Crippen LogP contribution < -0.4 is 0 Å². The lowest BCUT2D eigenvalue weighted by molar-refractivity contribution is -0.132. The van der Waals surface area contributed by atoms with Crippen LogP contribution >= 0.6 is 22.7 Å². The molecule has 0 N–H and O–H groups in total. The summed E-state index contributed by atoms with van der Waals surface area (Å²) >= 11 is 3.52. The number of rotatable bonds is 4. The second-order valence-electron chi connectivity index (χ2n) is 7.06. The summed E-state index contributed by atoms with van der Waals surface area (Å²) in [4.78, 5) is 21.8. The molecule has 6 heteroatoms. The normalized spacial score (nSPS) is 23.0. The molecule has 0 radical (unpaired) electrons. The maximum atomic E-state index is 12.6. The first-order valence-electron chi connectivity index (χ1n) is 9.06. The van der Waals surface area contributed by atoms with Crippen molar-refractivity contribution in [2.45, 2.75) is 64.7 Å². The van der Waals surface area contributed by atoms with Crippen LogP contribution in [-0.4, -0.2) is 34.5 Å². The van der Waals surface area contributed by atoms with E-state index in [2.05, 4.69) is 23.4 Å². The van der Waals surface area contributed by atoms with Crippen molar-refractivity contribution in [2.75, 3.05) is 6.54 Å². The third-order valence-electron chi connectivity index (χ3n) is 5.09. The van der Waals surface area contributed by atoms with Crippen LogP contribution in [0.1, 0.15) is 48.1 Å². The minimum absolute atomic E-state index is 0.269. The lowest BCUT2D eigenvalue weighted by atomic mass is 10.1. The summed E-state index contributed by atoms with van der Waals surface area (Å²) in [6.45, 7) is 5.74. The standard InChI is InChI=1S/C19H24N2O2S2/c1-12-3-4-15(23-12)5-6-19(22)21-8-7-17-14(10-21)9-18(25-17)16-11-24-13(2)20-16/h9,11-12,15H,3-8,10H2,1-2H3. The average Bonchev–Trinajstić information content (AvgIpc) is 3.31. The Labute approximate surface area is 156 Å². The molecular formula is C19H24N2O2S2. The summed E-state index contributed by atoms with van der Waals surface area (Å²) in [5, 5.41) is 3.22. The van der Waals surface area contributed by atoms with Crippen LogP contribution in [0.3, 0.4) is 0 Å². The number of carbonyl (C=O) groups excluding carboxylic acids is 1. The highest BCUT2D eigenvalue weighted by Crippen LogP contribution is 2.35. The predicted octanol–water partition coefficient (Wildman–Crippen LogP) is 4.41. The second-order valence-corrected chi connectivity index (χ2v) is 9.26. The molecule has 0 saturated carbocycles. The van der Waals surface area contributed by atoms with Gasteiger partial charge in [0, 0.05) is 29.8 Å². The summed E-state index contributed by atoms with van der Waals surface area (Å²) in [6.07, 6.45) is 5.29. The number of carbonyl (C=O) groups is 1. The molecule has 1 amide bonds. The highest BCUT2D eigenvalue weighted by atomic mass is 32.1. The van der Waals surface area contributed by atoms with Gasteiger partial charge in [0.05, 0.1) is 27.8 Å². The lowest BCUT2D eigenvalue weighted by Crippen LogP contribution is -2.35. The minimum atomic E-state index is 0.269. The third kappa shape index (κ3) is 3.81. The molecule has 4 rings (SSSR count). The molecule has 1 fully saturated rings. The average molecular weight is 377 g/mol. The van der Waals surface area contributed by atoms with Gasteiger partial charge in [0.15, 0.2) is 0 Å². The van der Waals surface area contributed by atoms with Crippen molar-refractivity contribution in [3.63, 3.8) is 0 Å². The van der Waals surface area contributed by atoms with E-state index in [1.807, 2.05) is 23.2 Å². The fourth-order valence-corrected chi connectivity index (χ4v) is 5.50.